The lowest BCUT2D eigenvalue weighted by molar-refractivity contribution is -0.154. The highest BCUT2D eigenvalue weighted by molar-refractivity contribution is 7.89. The van der Waals surface area contributed by atoms with Gasteiger partial charge in [0.1, 0.15) is 5.75 Å². The summed E-state index contributed by atoms with van der Waals surface area (Å²) in [7, 11) is -2.18. The summed E-state index contributed by atoms with van der Waals surface area (Å²) in [6.45, 7) is 1.72. The molecule has 0 bridgehead atoms. The number of ether oxygens (including phenoxy) is 2. The van der Waals surface area contributed by atoms with Crippen LogP contribution in [0.5, 0.6) is 5.75 Å². The molecule has 0 saturated heterocycles. The summed E-state index contributed by atoms with van der Waals surface area (Å²) in [5.74, 6) is -0.328. The molecule has 1 amide bonds. The SMILES string of the molecule is COc1ccc(CCNC(=O)C(C)OC(=O)CCNS(=O)(=O)c2ccc3ccccc3c2)cc1. The molecular formula is C25H28N2O6S. The van der Waals surface area contributed by atoms with Crippen molar-refractivity contribution in [1.82, 2.24) is 10.0 Å². The average molecular weight is 485 g/mol. The zero-order chi connectivity index (χ0) is 24.6. The number of amides is 1. The number of nitrogens with one attached hydrogen (secondary N) is 2. The molecule has 0 radical (unpaired) electrons. The molecule has 0 aliphatic rings. The molecule has 1 unspecified atom stereocenters. The summed E-state index contributed by atoms with van der Waals surface area (Å²) in [5.41, 5.74) is 1.03. The predicted molar refractivity (Wildman–Crippen MR) is 129 cm³/mol. The fourth-order valence-corrected chi connectivity index (χ4v) is 4.35. The topological polar surface area (TPSA) is 111 Å². The highest BCUT2D eigenvalue weighted by Gasteiger charge is 2.19. The van der Waals surface area contributed by atoms with E-state index in [1.165, 1.54) is 13.0 Å². The first-order valence-electron chi connectivity index (χ1n) is 10.9. The molecule has 3 aromatic rings. The van der Waals surface area contributed by atoms with Crippen LogP contribution in [0.25, 0.3) is 10.8 Å². The first-order valence-corrected chi connectivity index (χ1v) is 12.4. The summed E-state index contributed by atoms with van der Waals surface area (Å²) in [6.07, 6.45) is -0.566. The van der Waals surface area contributed by atoms with Crippen molar-refractivity contribution in [2.45, 2.75) is 30.8 Å². The smallest absolute Gasteiger partial charge is 0.307 e. The van der Waals surface area contributed by atoms with Gasteiger partial charge in [0.05, 0.1) is 18.4 Å². The van der Waals surface area contributed by atoms with Crippen molar-refractivity contribution in [3.05, 3.63) is 72.3 Å². The van der Waals surface area contributed by atoms with Crippen molar-refractivity contribution in [2.24, 2.45) is 0 Å². The summed E-state index contributed by atoms with van der Waals surface area (Å²) in [4.78, 5) is 24.4. The largest absolute Gasteiger partial charge is 0.497 e. The van der Waals surface area contributed by atoms with Gasteiger partial charge in [-0.15, -0.1) is 0 Å². The first kappa shape index (κ1) is 25.2. The second kappa shape index (κ2) is 11.6. The number of methoxy groups -OCH3 is 1. The second-order valence-electron chi connectivity index (χ2n) is 7.68. The Balaban J connectivity index is 1.40. The number of carbonyl (C=O) groups is 2. The Kier molecular flexibility index (Phi) is 8.61. The maximum absolute atomic E-state index is 12.5. The lowest BCUT2D eigenvalue weighted by Gasteiger charge is -2.14. The minimum atomic E-state index is -3.78. The molecule has 0 spiro atoms. The van der Waals surface area contributed by atoms with Crippen LogP contribution in [0.15, 0.2) is 71.6 Å². The second-order valence-corrected chi connectivity index (χ2v) is 9.44. The summed E-state index contributed by atoms with van der Waals surface area (Å²) < 4.78 is 37.7. The summed E-state index contributed by atoms with van der Waals surface area (Å²) >= 11 is 0. The van der Waals surface area contributed by atoms with E-state index in [-0.39, 0.29) is 17.9 Å². The van der Waals surface area contributed by atoms with Crippen LogP contribution in [0.2, 0.25) is 0 Å². The molecule has 0 heterocycles. The third kappa shape index (κ3) is 7.03. The molecular weight excluding hydrogens is 456 g/mol. The van der Waals surface area contributed by atoms with Crippen LogP contribution in [-0.4, -0.2) is 46.6 Å². The number of esters is 1. The van der Waals surface area contributed by atoms with Gasteiger partial charge in [-0.2, -0.15) is 0 Å². The van der Waals surface area contributed by atoms with Crippen LogP contribution in [0, 0.1) is 0 Å². The number of sulfonamides is 1. The number of hydrogen-bond acceptors (Lipinski definition) is 6. The predicted octanol–water partition coefficient (Wildman–Crippen LogP) is 2.81. The van der Waals surface area contributed by atoms with Crippen molar-refractivity contribution in [1.29, 1.82) is 0 Å². The van der Waals surface area contributed by atoms with Crippen molar-refractivity contribution in [3.8, 4) is 5.75 Å². The number of benzene rings is 3. The Morgan fingerprint density at radius 2 is 1.65 bits per heavy atom. The van der Waals surface area contributed by atoms with E-state index in [1.807, 2.05) is 48.5 Å². The highest BCUT2D eigenvalue weighted by atomic mass is 32.2. The maximum atomic E-state index is 12.5. The zero-order valence-corrected chi connectivity index (χ0v) is 19.9. The van der Waals surface area contributed by atoms with Crippen molar-refractivity contribution in [2.75, 3.05) is 20.2 Å². The van der Waals surface area contributed by atoms with Crippen LogP contribution in [0.3, 0.4) is 0 Å². The Morgan fingerprint density at radius 3 is 2.35 bits per heavy atom. The van der Waals surface area contributed by atoms with E-state index in [1.54, 1.807) is 19.2 Å². The van der Waals surface area contributed by atoms with E-state index in [0.29, 0.717) is 13.0 Å². The molecule has 8 nitrogen and oxygen atoms in total. The average Bonchev–Trinajstić information content (AvgIpc) is 2.83. The molecule has 3 aromatic carbocycles. The molecule has 34 heavy (non-hydrogen) atoms. The molecule has 180 valence electrons. The van der Waals surface area contributed by atoms with Crippen molar-refractivity contribution < 1.29 is 27.5 Å². The Labute approximate surface area is 199 Å². The van der Waals surface area contributed by atoms with E-state index < -0.39 is 28.0 Å². The summed E-state index contributed by atoms with van der Waals surface area (Å²) in [6, 6.07) is 19.8. The van der Waals surface area contributed by atoms with Gasteiger partial charge in [-0.25, -0.2) is 13.1 Å². The van der Waals surface area contributed by atoms with Crippen molar-refractivity contribution >= 4 is 32.7 Å². The first-order chi connectivity index (χ1) is 16.3. The maximum Gasteiger partial charge on any atom is 0.307 e. The normalized spacial score (nSPS) is 12.2. The van der Waals surface area contributed by atoms with Gasteiger partial charge in [0.25, 0.3) is 5.91 Å². The van der Waals surface area contributed by atoms with Crippen LogP contribution in [-0.2, 0) is 30.8 Å². The standard InChI is InChI=1S/C25H28N2O6S/c1-18(25(29)26-15-13-19-7-10-22(32-2)11-8-19)33-24(28)14-16-27-34(30,31)23-12-9-20-5-3-4-6-21(20)17-23/h3-12,17-18,27H,13-16H2,1-2H3,(H,26,29). The monoisotopic (exact) mass is 484 g/mol. The van der Waals surface area contributed by atoms with Gasteiger partial charge in [0.15, 0.2) is 6.10 Å². The number of carbonyl (C=O) groups excluding carboxylic acids is 2. The molecule has 2 N–H and O–H groups in total. The van der Waals surface area contributed by atoms with Gasteiger partial charge >= 0.3 is 5.97 Å². The fraction of sp³-hybridized carbons (Fsp3) is 0.280. The van der Waals surface area contributed by atoms with E-state index in [2.05, 4.69) is 10.0 Å². The fourth-order valence-electron chi connectivity index (χ4n) is 3.28. The molecule has 0 saturated carbocycles. The van der Waals surface area contributed by atoms with Crippen molar-refractivity contribution in [3.63, 3.8) is 0 Å². The Hall–Kier alpha value is -3.43. The minimum absolute atomic E-state index is 0.115. The molecule has 0 aliphatic heterocycles. The third-order valence-corrected chi connectivity index (χ3v) is 6.66. The number of rotatable bonds is 11. The van der Waals surface area contributed by atoms with E-state index >= 15 is 0 Å². The molecule has 0 fully saturated rings. The van der Waals surface area contributed by atoms with Gasteiger partial charge in [-0.3, -0.25) is 9.59 Å². The highest BCUT2D eigenvalue weighted by Crippen LogP contribution is 2.18. The third-order valence-electron chi connectivity index (χ3n) is 5.20. The van der Waals surface area contributed by atoms with Gasteiger partial charge in [-0.05, 0) is 53.9 Å². The van der Waals surface area contributed by atoms with Gasteiger partial charge in [-0.1, -0.05) is 42.5 Å². The zero-order valence-electron chi connectivity index (χ0n) is 19.1. The molecule has 9 heteroatoms. The quantitative estimate of drug-likeness (QED) is 0.405. The lowest BCUT2D eigenvalue weighted by atomic mass is 10.1. The van der Waals surface area contributed by atoms with E-state index in [0.717, 1.165) is 22.1 Å². The van der Waals surface area contributed by atoms with Crippen LogP contribution in [0.4, 0.5) is 0 Å². The lowest BCUT2D eigenvalue weighted by Crippen LogP contribution is -2.37. The molecule has 3 rings (SSSR count). The van der Waals surface area contributed by atoms with Crippen LogP contribution < -0.4 is 14.8 Å². The van der Waals surface area contributed by atoms with Gasteiger partial charge in [0.2, 0.25) is 10.0 Å². The van der Waals surface area contributed by atoms with Crippen LogP contribution in [0.1, 0.15) is 18.9 Å². The van der Waals surface area contributed by atoms with Gasteiger partial charge in [0, 0.05) is 13.1 Å². The number of hydrogen-bond donors (Lipinski definition) is 2. The minimum Gasteiger partial charge on any atom is -0.497 e. The molecule has 1 atom stereocenters. The van der Waals surface area contributed by atoms with E-state index in [4.69, 9.17) is 9.47 Å². The molecule has 0 aromatic heterocycles. The van der Waals surface area contributed by atoms with Crippen LogP contribution >= 0.6 is 0 Å². The summed E-state index contributed by atoms with van der Waals surface area (Å²) in [5, 5.41) is 4.46. The van der Waals surface area contributed by atoms with E-state index in [9.17, 15) is 18.0 Å². The Bertz CT molecular complexity index is 1240. The Morgan fingerprint density at radius 1 is 0.941 bits per heavy atom. The molecule has 0 aliphatic carbocycles. The number of fused-ring (bicyclic) bond motifs is 1. The van der Waals surface area contributed by atoms with Gasteiger partial charge < -0.3 is 14.8 Å².